The lowest BCUT2D eigenvalue weighted by Gasteiger charge is -2.11. The highest BCUT2D eigenvalue weighted by Gasteiger charge is 2.24. The Bertz CT molecular complexity index is 1230. The summed E-state index contributed by atoms with van der Waals surface area (Å²) in [5, 5.41) is 1.16. The maximum absolute atomic E-state index is 12.9. The van der Waals surface area contributed by atoms with Gasteiger partial charge in [-0.25, -0.2) is 4.98 Å². The lowest BCUT2D eigenvalue weighted by molar-refractivity contribution is 0.254. The Morgan fingerprint density at radius 1 is 1.34 bits per heavy atom. The first-order valence-electron chi connectivity index (χ1n) is 9.91. The standard InChI is InChI=1S/C23H21ClN2O3/c1-3-28-20-10-15-8-13(2)29-21(15)11-16(20)9-14-6-7-26-22(14)25-19-12-17(24)4-5-18(19)23(26)27/h4-5,9-13H,3,6-8H2,1-2H3/b14-9-. The van der Waals surface area contributed by atoms with Gasteiger partial charge in [0.25, 0.3) is 5.56 Å². The van der Waals surface area contributed by atoms with Gasteiger partial charge in [0.1, 0.15) is 23.4 Å². The van der Waals surface area contributed by atoms with Gasteiger partial charge in [-0.1, -0.05) is 11.6 Å². The van der Waals surface area contributed by atoms with E-state index in [1.165, 1.54) is 5.56 Å². The molecular formula is C23H21ClN2O3. The van der Waals surface area contributed by atoms with Crippen molar-refractivity contribution in [2.45, 2.75) is 39.3 Å². The van der Waals surface area contributed by atoms with Gasteiger partial charge in [-0.15, -0.1) is 0 Å². The van der Waals surface area contributed by atoms with E-state index in [9.17, 15) is 4.79 Å². The zero-order valence-corrected chi connectivity index (χ0v) is 17.1. The molecule has 0 saturated heterocycles. The number of ether oxygens (including phenoxy) is 2. The van der Waals surface area contributed by atoms with Crippen LogP contribution in [0.2, 0.25) is 5.02 Å². The fraction of sp³-hybridized carbons (Fsp3) is 0.304. The van der Waals surface area contributed by atoms with Crippen LogP contribution in [0.3, 0.4) is 0 Å². The number of allylic oxidation sites excluding steroid dienone is 1. The quantitative estimate of drug-likeness (QED) is 0.629. The van der Waals surface area contributed by atoms with Gasteiger partial charge in [-0.2, -0.15) is 0 Å². The van der Waals surface area contributed by atoms with Crippen LogP contribution in [0.4, 0.5) is 0 Å². The van der Waals surface area contributed by atoms with Crippen molar-refractivity contribution in [3.05, 3.63) is 62.7 Å². The van der Waals surface area contributed by atoms with E-state index >= 15 is 0 Å². The maximum Gasteiger partial charge on any atom is 0.261 e. The smallest absolute Gasteiger partial charge is 0.261 e. The highest BCUT2D eigenvalue weighted by atomic mass is 35.5. The van der Waals surface area contributed by atoms with Gasteiger partial charge in [0.2, 0.25) is 0 Å². The van der Waals surface area contributed by atoms with E-state index < -0.39 is 0 Å². The highest BCUT2D eigenvalue weighted by Crippen LogP contribution is 2.38. The van der Waals surface area contributed by atoms with Gasteiger partial charge >= 0.3 is 0 Å². The lowest BCUT2D eigenvalue weighted by Crippen LogP contribution is -2.20. The van der Waals surface area contributed by atoms with Crippen LogP contribution in [-0.2, 0) is 13.0 Å². The Balaban J connectivity index is 1.65. The van der Waals surface area contributed by atoms with Crippen molar-refractivity contribution in [1.82, 2.24) is 9.55 Å². The van der Waals surface area contributed by atoms with E-state index in [0.29, 0.717) is 34.9 Å². The van der Waals surface area contributed by atoms with Crippen LogP contribution in [0.1, 0.15) is 37.2 Å². The molecule has 6 heteroatoms. The molecular weight excluding hydrogens is 388 g/mol. The van der Waals surface area contributed by atoms with Crippen LogP contribution in [0.15, 0.2) is 35.1 Å². The first kappa shape index (κ1) is 18.3. The molecule has 5 rings (SSSR count). The van der Waals surface area contributed by atoms with Gasteiger partial charge in [-0.05, 0) is 62.2 Å². The predicted octanol–water partition coefficient (Wildman–Crippen LogP) is 4.72. The molecule has 148 valence electrons. The van der Waals surface area contributed by atoms with Crippen LogP contribution in [0, 0.1) is 0 Å². The van der Waals surface area contributed by atoms with Gasteiger partial charge in [0.15, 0.2) is 0 Å². The third kappa shape index (κ3) is 3.10. The summed E-state index contributed by atoms with van der Waals surface area (Å²) in [6.45, 7) is 5.25. The van der Waals surface area contributed by atoms with E-state index in [4.69, 9.17) is 26.1 Å². The van der Waals surface area contributed by atoms with Gasteiger partial charge in [0, 0.05) is 29.1 Å². The van der Waals surface area contributed by atoms with Gasteiger partial charge < -0.3 is 9.47 Å². The molecule has 0 aliphatic carbocycles. The fourth-order valence-electron chi connectivity index (χ4n) is 4.16. The number of hydrogen-bond acceptors (Lipinski definition) is 4. The Kier molecular flexibility index (Phi) is 4.36. The Morgan fingerprint density at radius 3 is 3.03 bits per heavy atom. The highest BCUT2D eigenvalue weighted by molar-refractivity contribution is 6.31. The SMILES string of the molecule is CCOc1cc2c(cc1/C=C1/CCn3c1nc1cc(Cl)ccc1c3=O)OC(C)C2. The normalized spacial score (nSPS) is 18.7. The van der Waals surface area contributed by atoms with Gasteiger partial charge in [-0.3, -0.25) is 9.36 Å². The monoisotopic (exact) mass is 408 g/mol. The summed E-state index contributed by atoms with van der Waals surface area (Å²) in [6.07, 6.45) is 3.87. The van der Waals surface area contributed by atoms with Crippen molar-refractivity contribution in [3.8, 4) is 11.5 Å². The first-order chi connectivity index (χ1) is 14.0. The van der Waals surface area contributed by atoms with Crippen LogP contribution >= 0.6 is 11.6 Å². The third-order valence-corrected chi connectivity index (χ3v) is 5.70. The molecule has 3 heterocycles. The van der Waals surface area contributed by atoms with Gasteiger partial charge in [0.05, 0.1) is 17.5 Å². The van der Waals surface area contributed by atoms with Crippen LogP contribution in [0.5, 0.6) is 11.5 Å². The third-order valence-electron chi connectivity index (χ3n) is 5.47. The summed E-state index contributed by atoms with van der Waals surface area (Å²) in [7, 11) is 0. The van der Waals surface area contributed by atoms with E-state index in [1.807, 2.05) is 13.0 Å². The molecule has 2 aromatic carbocycles. The molecule has 0 spiro atoms. The van der Waals surface area contributed by atoms with Crippen molar-refractivity contribution in [2.75, 3.05) is 6.61 Å². The molecule has 0 bridgehead atoms. The molecule has 0 radical (unpaired) electrons. The molecule has 2 aliphatic rings. The average Bonchev–Trinajstić information content (AvgIpc) is 3.24. The van der Waals surface area contributed by atoms with Crippen LogP contribution in [0.25, 0.3) is 22.6 Å². The van der Waals surface area contributed by atoms with E-state index in [2.05, 4.69) is 19.1 Å². The molecule has 0 N–H and O–H groups in total. The minimum absolute atomic E-state index is 0.0267. The largest absolute Gasteiger partial charge is 0.493 e. The molecule has 2 aliphatic heterocycles. The van der Waals surface area contributed by atoms with Crippen molar-refractivity contribution < 1.29 is 9.47 Å². The Morgan fingerprint density at radius 2 is 2.21 bits per heavy atom. The minimum atomic E-state index is -0.0267. The van der Waals surface area contributed by atoms with Crippen molar-refractivity contribution in [3.63, 3.8) is 0 Å². The van der Waals surface area contributed by atoms with E-state index in [0.717, 1.165) is 35.5 Å². The summed E-state index contributed by atoms with van der Waals surface area (Å²) in [4.78, 5) is 17.6. The first-order valence-corrected chi connectivity index (χ1v) is 10.3. The summed E-state index contributed by atoms with van der Waals surface area (Å²) < 4.78 is 13.6. The number of aromatic nitrogens is 2. The molecule has 3 aromatic rings. The number of benzene rings is 2. The maximum atomic E-state index is 12.9. The average molecular weight is 409 g/mol. The zero-order chi connectivity index (χ0) is 20.1. The molecule has 1 aromatic heterocycles. The van der Waals surface area contributed by atoms with Crippen LogP contribution < -0.4 is 15.0 Å². The Labute approximate surface area is 173 Å². The topological polar surface area (TPSA) is 53.4 Å². The fourth-order valence-corrected chi connectivity index (χ4v) is 4.33. The lowest BCUT2D eigenvalue weighted by atomic mass is 10.0. The summed E-state index contributed by atoms with van der Waals surface area (Å²) in [5.74, 6) is 2.43. The molecule has 0 saturated carbocycles. The molecule has 0 fully saturated rings. The second-order valence-corrected chi connectivity index (χ2v) is 7.97. The molecule has 0 amide bonds. The number of halogens is 1. The summed E-state index contributed by atoms with van der Waals surface area (Å²) >= 11 is 6.12. The molecule has 1 atom stereocenters. The summed E-state index contributed by atoms with van der Waals surface area (Å²) in [6, 6.07) is 9.32. The van der Waals surface area contributed by atoms with Crippen LogP contribution in [-0.4, -0.2) is 22.3 Å². The second-order valence-electron chi connectivity index (χ2n) is 7.54. The number of hydrogen-bond donors (Lipinski definition) is 0. The minimum Gasteiger partial charge on any atom is -0.493 e. The van der Waals surface area contributed by atoms with E-state index in [1.54, 1.807) is 22.8 Å². The number of rotatable bonds is 3. The molecule has 29 heavy (non-hydrogen) atoms. The molecule has 5 nitrogen and oxygen atoms in total. The second kappa shape index (κ2) is 6.92. The number of fused-ring (bicyclic) bond motifs is 3. The number of nitrogens with zero attached hydrogens (tertiary/aromatic N) is 2. The zero-order valence-electron chi connectivity index (χ0n) is 16.4. The van der Waals surface area contributed by atoms with Crippen molar-refractivity contribution in [1.29, 1.82) is 0 Å². The summed E-state index contributed by atoms with van der Waals surface area (Å²) in [5.41, 5.74) is 3.73. The Hall–Kier alpha value is -2.79. The van der Waals surface area contributed by atoms with Crippen molar-refractivity contribution in [2.24, 2.45) is 0 Å². The predicted molar refractivity (Wildman–Crippen MR) is 115 cm³/mol. The van der Waals surface area contributed by atoms with Crippen molar-refractivity contribution >= 4 is 34.2 Å². The molecule has 1 unspecified atom stereocenters. The van der Waals surface area contributed by atoms with E-state index in [-0.39, 0.29) is 11.7 Å².